The third kappa shape index (κ3) is 3.16. The average Bonchev–Trinajstić information content (AvgIpc) is 2.52. The van der Waals surface area contributed by atoms with Crippen LogP contribution in [0.15, 0.2) is 53.3 Å². The van der Waals surface area contributed by atoms with Crippen molar-refractivity contribution in [1.29, 1.82) is 0 Å². The molecule has 0 aliphatic heterocycles. The van der Waals surface area contributed by atoms with Crippen LogP contribution in [0.2, 0.25) is 5.02 Å². The van der Waals surface area contributed by atoms with E-state index in [0.29, 0.717) is 27.4 Å². The van der Waals surface area contributed by atoms with Crippen LogP contribution >= 0.6 is 11.6 Å². The van der Waals surface area contributed by atoms with Crippen LogP contribution < -0.4 is 10.3 Å². The number of aromatic nitrogens is 1. The van der Waals surface area contributed by atoms with Gasteiger partial charge in [-0.05, 0) is 35.7 Å². The molecular formula is C17H15ClN2O3S. The molecule has 7 heteroatoms. The minimum atomic E-state index is -3.40. The highest BCUT2D eigenvalue weighted by molar-refractivity contribution is 7.92. The minimum Gasteiger partial charge on any atom is -0.311 e. The van der Waals surface area contributed by atoms with Gasteiger partial charge in [0.15, 0.2) is 0 Å². The normalized spacial score (nSPS) is 11.6. The van der Waals surface area contributed by atoms with Crippen molar-refractivity contribution in [2.75, 3.05) is 11.0 Å². The molecule has 0 fully saturated rings. The Kier molecular flexibility index (Phi) is 4.11. The molecule has 0 aliphatic carbocycles. The second-order valence-electron chi connectivity index (χ2n) is 5.55. The van der Waals surface area contributed by atoms with Crippen molar-refractivity contribution in [2.24, 2.45) is 7.05 Å². The van der Waals surface area contributed by atoms with Crippen molar-refractivity contribution in [3.05, 3.63) is 63.9 Å². The summed E-state index contributed by atoms with van der Waals surface area (Å²) in [5.74, 6) is 0. The van der Waals surface area contributed by atoms with E-state index in [1.54, 1.807) is 31.3 Å². The quantitative estimate of drug-likeness (QED) is 0.777. The molecule has 1 N–H and O–H groups in total. The predicted octanol–water partition coefficient (Wildman–Crippen LogP) is 3.23. The van der Waals surface area contributed by atoms with Crippen molar-refractivity contribution < 1.29 is 8.42 Å². The van der Waals surface area contributed by atoms with Gasteiger partial charge in [-0.2, -0.15) is 0 Å². The zero-order chi connectivity index (χ0) is 17.5. The fraction of sp³-hybridized carbons (Fsp3) is 0.118. The zero-order valence-corrected chi connectivity index (χ0v) is 14.6. The van der Waals surface area contributed by atoms with Gasteiger partial charge >= 0.3 is 0 Å². The van der Waals surface area contributed by atoms with Gasteiger partial charge in [0.1, 0.15) is 0 Å². The van der Waals surface area contributed by atoms with Gasteiger partial charge in [-0.3, -0.25) is 9.52 Å². The first-order valence-electron chi connectivity index (χ1n) is 7.13. The number of fused-ring (bicyclic) bond motifs is 1. The van der Waals surface area contributed by atoms with E-state index in [9.17, 15) is 13.2 Å². The SMILES string of the molecule is Cn1c(-c2cc(NS(C)(=O)=O)ccc2Cl)cc2ccccc2c1=O. The number of nitrogens with one attached hydrogen (secondary N) is 1. The molecule has 5 nitrogen and oxygen atoms in total. The molecule has 0 atom stereocenters. The molecular weight excluding hydrogens is 348 g/mol. The van der Waals surface area contributed by atoms with Crippen LogP contribution in [-0.2, 0) is 17.1 Å². The summed E-state index contributed by atoms with van der Waals surface area (Å²) in [6.45, 7) is 0. The van der Waals surface area contributed by atoms with Crippen molar-refractivity contribution in [2.45, 2.75) is 0 Å². The van der Waals surface area contributed by atoms with Gasteiger partial charge < -0.3 is 4.57 Å². The summed E-state index contributed by atoms with van der Waals surface area (Å²) in [6.07, 6.45) is 1.08. The molecule has 0 radical (unpaired) electrons. The number of anilines is 1. The van der Waals surface area contributed by atoms with E-state index in [1.807, 2.05) is 24.3 Å². The Labute approximate surface area is 144 Å². The number of nitrogens with zero attached hydrogens (tertiary/aromatic N) is 1. The summed E-state index contributed by atoms with van der Waals surface area (Å²) in [7, 11) is -1.74. The first kappa shape index (κ1) is 16.5. The molecule has 0 saturated heterocycles. The van der Waals surface area contributed by atoms with Gasteiger partial charge in [-0.25, -0.2) is 8.42 Å². The Morgan fingerprint density at radius 1 is 1.08 bits per heavy atom. The molecule has 3 rings (SSSR count). The van der Waals surface area contributed by atoms with E-state index in [2.05, 4.69) is 4.72 Å². The van der Waals surface area contributed by atoms with E-state index in [4.69, 9.17) is 11.6 Å². The van der Waals surface area contributed by atoms with Crippen molar-refractivity contribution in [1.82, 2.24) is 4.57 Å². The van der Waals surface area contributed by atoms with Crippen LogP contribution in [0.25, 0.3) is 22.0 Å². The summed E-state index contributed by atoms with van der Waals surface area (Å²) >= 11 is 6.28. The summed E-state index contributed by atoms with van der Waals surface area (Å²) in [5, 5.41) is 1.85. The van der Waals surface area contributed by atoms with Gasteiger partial charge in [0, 0.05) is 23.7 Å². The maximum Gasteiger partial charge on any atom is 0.258 e. The molecule has 0 saturated carbocycles. The lowest BCUT2D eigenvalue weighted by Gasteiger charge is -2.13. The van der Waals surface area contributed by atoms with E-state index >= 15 is 0 Å². The predicted molar refractivity (Wildman–Crippen MR) is 98.1 cm³/mol. The zero-order valence-electron chi connectivity index (χ0n) is 13.1. The molecule has 1 heterocycles. The number of rotatable bonds is 3. The monoisotopic (exact) mass is 362 g/mol. The fourth-order valence-corrected chi connectivity index (χ4v) is 3.38. The molecule has 24 heavy (non-hydrogen) atoms. The fourth-order valence-electron chi connectivity index (χ4n) is 2.61. The Bertz CT molecular complexity index is 1100. The lowest BCUT2D eigenvalue weighted by atomic mass is 10.1. The number of hydrogen-bond acceptors (Lipinski definition) is 3. The molecule has 0 aliphatic rings. The van der Waals surface area contributed by atoms with Crippen molar-refractivity contribution >= 4 is 38.1 Å². The second-order valence-corrected chi connectivity index (χ2v) is 7.71. The molecule has 0 spiro atoms. The molecule has 0 amide bonds. The minimum absolute atomic E-state index is 0.138. The molecule has 0 unspecified atom stereocenters. The Balaban J connectivity index is 2.26. The van der Waals surface area contributed by atoms with Gasteiger partial charge in [0.05, 0.1) is 17.0 Å². The highest BCUT2D eigenvalue weighted by Gasteiger charge is 2.13. The number of benzene rings is 2. The highest BCUT2D eigenvalue weighted by atomic mass is 35.5. The maximum absolute atomic E-state index is 12.6. The van der Waals surface area contributed by atoms with Gasteiger partial charge in [0.25, 0.3) is 5.56 Å². The Morgan fingerprint density at radius 2 is 1.79 bits per heavy atom. The van der Waals surface area contributed by atoms with Crippen molar-refractivity contribution in [3.63, 3.8) is 0 Å². The smallest absolute Gasteiger partial charge is 0.258 e. The van der Waals surface area contributed by atoms with E-state index in [-0.39, 0.29) is 5.56 Å². The van der Waals surface area contributed by atoms with Gasteiger partial charge in [-0.15, -0.1) is 0 Å². The topological polar surface area (TPSA) is 68.2 Å². The Hall–Kier alpha value is -2.31. The number of halogens is 1. The summed E-state index contributed by atoms with van der Waals surface area (Å²) in [6, 6.07) is 13.9. The Morgan fingerprint density at radius 3 is 2.50 bits per heavy atom. The lowest BCUT2D eigenvalue weighted by Crippen LogP contribution is -2.18. The molecule has 0 bridgehead atoms. The van der Waals surface area contributed by atoms with Crippen LogP contribution in [0, 0.1) is 0 Å². The molecule has 124 valence electrons. The van der Waals surface area contributed by atoms with Gasteiger partial charge in [0.2, 0.25) is 10.0 Å². The standard InChI is InChI=1S/C17H15ClN2O3S/c1-20-16(9-11-5-3-4-6-13(11)17(20)21)14-10-12(7-8-15(14)18)19-24(2,22)23/h3-10,19H,1-2H3. The summed E-state index contributed by atoms with van der Waals surface area (Å²) in [4.78, 5) is 12.6. The first-order chi connectivity index (χ1) is 11.3. The number of hydrogen-bond donors (Lipinski definition) is 1. The molecule has 1 aromatic heterocycles. The highest BCUT2D eigenvalue weighted by Crippen LogP contribution is 2.31. The van der Waals surface area contributed by atoms with Gasteiger partial charge in [-0.1, -0.05) is 29.8 Å². The van der Waals surface area contributed by atoms with E-state index in [1.165, 1.54) is 4.57 Å². The summed E-state index contributed by atoms with van der Waals surface area (Å²) in [5.41, 5.74) is 1.44. The third-order valence-electron chi connectivity index (χ3n) is 3.69. The van der Waals surface area contributed by atoms with Crippen LogP contribution in [0.5, 0.6) is 0 Å². The van der Waals surface area contributed by atoms with Crippen LogP contribution in [0.4, 0.5) is 5.69 Å². The van der Waals surface area contributed by atoms with Crippen LogP contribution in [-0.4, -0.2) is 19.2 Å². The molecule has 2 aromatic carbocycles. The maximum atomic E-state index is 12.6. The third-order valence-corrected chi connectivity index (χ3v) is 4.63. The number of sulfonamides is 1. The second kappa shape index (κ2) is 5.96. The van der Waals surface area contributed by atoms with Crippen LogP contribution in [0.1, 0.15) is 0 Å². The van der Waals surface area contributed by atoms with Crippen LogP contribution in [0.3, 0.4) is 0 Å². The first-order valence-corrected chi connectivity index (χ1v) is 9.40. The lowest BCUT2D eigenvalue weighted by molar-refractivity contribution is 0.607. The van der Waals surface area contributed by atoms with E-state index < -0.39 is 10.0 Å². The largest absolute Gasteiger partial charge is 0.311 e. The average molecular weight is 363 g/mol. The molecule has 3 aromatic rings. The summed E-state index contributed by atoms with van der Waals surface area (Å²) < 4.78 is 26.8. The number of pyridine rings is 1. The van der Waals surface area contributed by atoms with E-state index in [0.717, 1.165) is 11.6 Å². The van der Waals surface area contributed by atoms with Crippen molar-refractivity contribution in [3.8, 4) is 11.3 Å².